The van der Waals surface area contributed by atoms with E-state index in [0.717, 1.165) is 18.4 Å². The molecule has 0 heterocycles. The fraction of sp³-hybridized carbons (Fsp3) is 0.571. The number of sulfonamides is 1. The molecule has 114 valence electrons. The molecule has 5 nitrogen and oxygen atoms in total. The van der Waals surface area contributed by atoms with E-state index in [9.17, 15) is 8.42 Å². The van der Waals surface area contributed by atoms with Gasteiger partial charge in [-0.2, -0.15) is 0 Å². The molecule has 0 spiro atoms. The summed E-state index contributed by atoms with van der Waals surface area (Å²) in [6.07, 6.45) is 1.96. The number of benzene rings is 1. The van der Waals surface area contributed by atoms with Crippen LogP contribution in [-0.2, 0) is 16.6 Å². The van der Waals surface area contributed by atoms with Crippen LogP contribution in [0.4, 0.5) is 0 Å². The van der Waals surface area contributed by atoms with Crippen molar-refractivity contribution >= 4 is 10.0 Å². The molecule has 0 aliphatic carbocycles. The van der Waals surface area contributed by atoms with Crippen LogP contribution >= 0.6 is 0 Å². The predicted molar refractivity (Wildman–Crippen MR) is 80.3 cm³/mol. The van der Waals surface area contributed by atoms with E-state index in [1.54, 1.807) is 13.0 Å². The molecule has 0 unspecified atom stereocenters. The molecule has 6 heteroatoms. The maximum Gasteiger partial charge on any atom is 0.238 e. The van der Waals surface area contributed by atoms with Gasteiger partial charge in [0, 0.05) is 12.1 Å². The van der Waals surface area contributed by atoms with E-state index in [-0.39, 0.29) is 4.90 Å². The summed E-state index contributed by atoms with van der Waals surface area (Å²) in [5, 5.41) is 5.28. The lowest BCUT2D eigenvalue weighted by molar-refractivity contribution is 0.305. The Morgan fingerprint density at radius 2 is 1.95 bits per heavy atom. The van der Waals surface area contributed by atoms with Crippen LogP contribution in [0.3, 0.4) is 0 Å². The Bertz CT molecular complexity index is 554. The van der Waals surface area contributed by atoms with Crippen LogP contribution in [0.25, 0.3) is 0 Å². The van der Waals surface area contributed by atoms with E-state index < -0.39 is 10.0 Å². The van der Waals surface area contributed by atoms with Gasteiger partial charge in [-0.05, 0) is 45.1 Å². The van der Waals surface area contributed by atoms with E-state index in [1.807, 2.05) is 25.1 Å². The number of nitrogens with two attached hydrogens (primary N) is 1. The Balaban J connectivity index is 3.20. The Labute approximate surface area is 121 Å². The van der Waals surface area contributed by atoms with E-state index in [4.69, 9.17) is 9.88 Å². The SMILES string of the molecule is CCCCOc1cc(CN(C)C)cc(S(N)(=O)=O)c1C. The Kier molecular flexibility index (Phi) is 5.98. The monoisotopic (exact) mass is 300 g/mol. The lowest BCUT2D eigenvalue weighted by Crippen LogP contribution is -2.17. The van der Waals surface area contributed by atoms with Gasteiger partial charge in [0.1, 0.15) is 5.75 Å². The summed E-state index contributed by atoms with van der Waals surface area (Å²) >= 11 is 0. The molecule has 20 heavy (non-hydrogen) atoms. The highest BCUT2D eigenvalue weighted by molar-refractivity contribution is 7.89. The maximum atomic E-state index is 11.7. The van der Waals surface area contributed by atoms with E-state index in [1.165, 1.54) is 0 Å². The zero-order chi connectivity index (χ0) is 15.3. The highest BCUT2D eigenvalue weighted by Crippen LogP contribution is 2.27. The topological polar surface area (TPSA) is 72.6 Å². The molecular formula is C14H24N2O3S. The number of hydrogen-bond donors (Lipinski definition) is 1. The van der Waals surface area contributed by atoms with Crippen LogP contribution in [0.1, 0.15) is 30.9 Å². The molecule has 0 aliphatic rings. The van der Waals surface area contributed by atoms with Crippen molar-refractivity contribution in [3.8, 4) is 5.75 Å². The molecule has 1 rings (SSSR count). The molecule has 2 N–H and O–H groups in total. The van der Waals surface area contributed by atoms with E-state index in [2.05, 4.69) is 6.92 Å². The van der Waals surface area contributed by atoms with Gasteiger partial charge in [0.05, 0.1) is 11.5 Å². The summed E-state index contributed by atoms with van der Waals surface area (Å²) in [5.74, 6) is 0.599. The first-order valence-electron chi connectivity index (χ1n) is 6.69. The molecule has 1 aromatic rings. The van der Waals surface area contributed by atoms with Gasteiger partial charge in [-0.1, -0.05) is 13.3 Å². The highest BCUT2D eigenvalue weighted by atomic mass is 32.2. The zero-order valence-corrected chi connectivity index (χ0v) is 13.5. The Morgan fingerprint density at radius 3 is 2.45 bits per heavy atom. The summed E-state index contributed by atoms with van der Waals surface area (Å²) in [7, 11) is 0.106. The van der Waals surface area contributed by atoms with Crippen LogP contribution < -0.4 is 9.88 Å². The number of rotatable bonds is 7. The summed E-state index contributed by atoms with van der Waals surface area (Å²) in [5.41, 5.74) is 1.45. The van der Waals surface area contributed by atoms with Crippen LogP contribution in [0.2, 0.25) is 0 Å². The molecule has 0 aromatic heterocycles. The van der Waals surface area contributed by atoms with Crippen molar-refractivity contribution in [1.29, 1.82) is 0 Å². The summed E-state index contributed by atoms with van der Waals surface area (Å²) in [4.78, 5) is 2.11. The number of hydrogen-bond acceptors (Lipinski definition) is 4. The van der Waals surface area contributed by atoms with Gasteiger partial charge < -0.3 is 9.64 Å². The molecule has 0 amide bonds. The van der Waals surface area contributed by atoms with Gasteiger partial charge in [-0.3, -0.25) is 0 Å². The summed E-state index contributed by atoms with van der Waals surface area (Å²) in [6, 6.07) is 3.51. The fourth-order valence-electron chi connectivity index (χ4n) is 1.94. The average Bonchev–Trinajstić information content (AvgIpc) is 2.31. The molecule has 0 saturated heterocycles. The lowest BCUT2D eigenvalue weighted by atomic mass is 10.1. The molecule has 0 radical (unpaired) electrons. The maximum absolute atomic E-state index is 11.7. The molecule has 0 fully saturated rings. The van der Waals surface area contributed by atoms with Crippen LogP contribution in [-0.4, -0.2) is 34.0 Å². The van der Waals surface area contributed by atoms with Crippen molar-refractivity contribution in [2.24, 2.45) is 5.14 Å². The van der Waals surface area contributed by atoms with Crippen molar-refractivity contribution < 1.29 is 13.2 Å². The fourth-order valence-corrected chi connectivity index (χ4v) is 2.79. The third-order valence-electron chi connectivity index (χ3n) is 2.93. The third-order valence-corrected chi connectivity index (χ3v) is 3.97. The normalized spacial score (nSPS) is 11.9. The standard InChI is InChI=1S/C14H24N2O3S/c1-5-6-7-19-13-8-12(10-16(3)4)9-14(11(13)2)20(15,17)18/h8-9H,5-7,10H2,1-4H3,(H2,15,17,18). The zero-order valence-electron chi connectivity index (χ0n) is 12.6. The molecule has 0 saturated carbocycles. The van der Waals surface area contributed by atoms with Gasteiger partial charge in [0.25, 0.3) is 0 Å². The second-order valence-corrected chi connectivity index (χ2v) is 6.73. The average molecular weight is 300 g/mol. The summed E-state index contributed by atoms with van der Waals surface area (Å²) < 4.78 is 29.1. The van der Waals surface area contributed by atoms with Gasteiger partial charge in [-0.25, -0.2) is 13.6 Å². The van der Waals surface area contributed by atoms with Crippen molar-refractivity contribution in [1.82, 2.24) is 4.90 Å². The molecule has 0 atom stereocenters. The lowest BCUT2D eigenvalue weighted by Gasteiger charge is -2.16. The van der Waals surface area contributed by atoms with Gasteiger partial charge in [-0.15, -0.1) is 0 Å². The first kappa shape index (κ1) is 16.9. The molecule has 0 bridgehead atoms. The van der Waals surface area contributed by atoms with Gasteiger partial charge in [0.2, 0.25) is 10.0 Å². The second kappa shape index (κ2) is 7.06. The molecule has 0 aliphatic heterocycles. The smallest absolute Gasteiger partial charge is 0.238 e. The minimum absolute atomic E-state index is 0.142. The summed E-state index contributed by atoms with van der Waals surface area (Å²) in [6.45, 7) is 5.01. The number of ether oxygens (including phenoxy) is 1. The first-order chi connectivity index (χ1) is 9.25. The van der Waals surface area contributed by atoms with Gasteiger partial charge >= 0.3 is 0 Å². The number of unbranched alkanes of at least 4 members (excludes halogenated alkanes) is 1. The number of primary sulfonamides is 1. The van der Waals surface area contributed by atoms with Crippen LogP contribution in [0, 0.1) is 6.92 Å². The molecule has 1 aromatic carbocycles. The number of nitrogens with zero attached hydrogens (tertiary/aromatic N) is 1. The third kappa shape index (κ3) is 4.77. The highest BCUT2D eigenvalue weighted by Gasteiger charge is 2.17. The Morgan fingerprint density at radius 1 is 1.30 bits per heavy atom. The first-order valence-corrected chi connectivity index (χ1v) is 8.24. The minimum Gasteiger partial charge on any atom is -0.493 e. The van der Waals surface area contributed by atoms with Crippen LogP contribution in [0.5, 0.6) is 5.75 Å². The van der Waals surface area contributed by atoms with Gasteiger partial charge in [0.15, 0.2) is 0 Å². The van der Waals surface area contributed by atoms with Crippen LogP contribution in [0.15, 0.2) is 17.0 Å². The van der Waals surface area contributed by atoms with E-state index in [0.29, 0.717) is 24.5 Å². The van der Waals surface area contributed by atoms with Crippen molar-refractivity contribution in [3.63, 3.8) is 0 Å². The van der Waals surface area contributed by atoms with Crippen molar-refractivity contribution in [2.45, 2.75) is 38.1 Å². The van der Waals surface area contributed by atoms with E-state index >= 15 is 0 Å². The van der Waals surface area contributed by atoms with Crippen molar-refractivity contribution in [3.05, 3.63) is 23.3 Å². The Hall–Kier alpha value is -1.11. The largest absolute Gasteiger partial charge is 0.493 e. The predicted octanol–water partition coefficient (Wildman–Crippen LogP) is 1.88. The minimum atomic E-state index is -3.74. The quantitative estimate of drug-likeness (QED) is 0.780. The second-order valence-electron chi connectivity index (χ2n) is 5.20. The molecular weight excluding hydrogens is 276 g/mol. The van der Waals surface area contributed by atoms with Crippen molar-refractivity contribution in [2.75, 3.05) is 20.7 Å².